The van der Waals surface area contributed by atoms with Gasteiger partial charge in [-0.05, 0) is 42.7 Å². The summed E-state index contributed by atoms with van der Waals surface area (Å²) in [5.41, 5.74) is 1.61. The van der Waals surface area contributed by atoms with Gasteiger partial charge in [-0.3, -0.25) is 18.9 Å². The molecule has 1 amide bonds. The van der Waals surface area contributed by atoms with Gasteiger partial charge in [0.25, 0.3) is 11.5 Å². The quantitative estimate of drug-likeness (QED) is 0.407. The first-order chi connectivity index (χ1) is 15.5. The minimum atomic E-state index is -0.232. The van der Waals surface area contributed by atoms with Crippen LogP contribution in [0.5, 0.6) is 0 Å². The molecular weight excluding hydrogens is 464 g/mol. The van der Waals surface area contributed by atoms with Crippen LogP contribution in [0.2, 0.25) is 5.02 Å². The Bertz CT molecular complexity index is 1330. The molecule has 0 radical (unpaired) electrons. The minimum Gasteiger partial charge on any atom is -0.356 e. The molecule has 0 bridgehead atoms. The van der Waals surface area contributed by atoms with Crippen LogP contribution in [-0.4, -0.2) is 37.6 Å². The van der Waals surface area contributed by atoms with E-state index in [1.54, 1.807) is 24.4 Å². The van der Waals surface area contributed by atoms with Crippen LogP contribution in [-0.2, 0) is 11.3 Å². The molecule has 3 aromatic rings. The van der Waals surface area contributed by atoms with E-state index < -0.39 is 0 Å². The highest BCUT2D eigenvalue weighted by molar-refractivity contribution is 8.26. The molecule has 32 heavy (non-hydrogen) atoms. The summed E-state index contributed by atoms with van der Waals surface area (Å²) in [6.45, 7) is 1.96. The summed E-state index contributed by atoms with van der Waals surface area (Å²) in [4.78, 5) is 35.4. The van der Waals surface area contributed by atoms with Crippen LogP contribution in [0.4, 0.5) is 5.82 Å². The van der Waals surface area contributed by atoms with Crippen molar-refractivity contribution in [3.63, 3.8) is 0 Å². The molecule has 2 aromatic heterocycles. The van der Waals surface area contributed by atoms with Crippen LogP contribution in [0.15, 0.2) is 58.4 Å². The topological polar surface area (TPSA) is 57.9 Å². The first-order valence-corrected chi connectivity index (χ1v) is 11.9. The monoisotopic (exact) mass is 482 g/mol. The molecule has 0 saturated carbocycles. The molecule has 0 spiro atoms. The maximum Gasteiger partial charge on any atom is 0.267 e. The molecule has 2 fully saturated rings. The van der Waals surface area contributed by atoms with Crippen LogP contribution >= 0.6 is 35.6 Å². The van der Waals surface area contributed by atoms with E-state index in [2.05, 4.69) is 4.90 Å². The standard InChI is InChI=1S/C23H19ClN4O2S2/c24-17-8-2-1-7-15(17)14-28-22(30)18(32-23(28)31)13-16-20(26-10-5-6-11-26)25-19-9-3-4-12-27(19)21(16)29/h1-4,7-9,12-13H,5-6,10-11,14H2/b18-13-. The number of halogens is 1. The van der Waals surface area contributed by atoms with Gasteiger partial charge in [0.15, 0.2) is 0 Å². The Hall–Kier alpha value is -2.68. The lowest BCUT2D eigenvalue weighted by molar-refractivity contribution is -0.122. The van der Waals surface area contributed by atoms with Gasteiger partial charge >= 0.3 is 0 Å². The van der Waals surface area contributed by atoms with Gasteiger partial charge in [-0.1, -0.05) is 59.8 Å². The van der Waals surface area contributed by atoms with E-state index in [1.165, 1.54) is 21.1 Å². The van der Waals surface area contributed by atoms with Crippen LogP contribution in [0.25, 0.3) is 11.7 Å². The smallest absolute Gasteiger partial charge is 0.267 e. The fourth-order valence-electron chi connectivity index (χ4n) is 3.95. The summed E-state index contributed by atoms with van der Waals surface area (Å²) in [6, 6.07) is 12.8. The molecule has 0 N–H and O–H groups in total. The molecule has 162 valence electrons. The van der Waals surface area contributed by atoms with Crippen molar-refractivity contribution in [3.05, 3.63) is 80.1 Å². The molecular formula is C23H19ClN4O2S2. The Morgan fingerprint density at radius 3 is 2.62 bits per heavy atom. The van der Waals surface area contributed by atoms with Gasteiger partial charge in [-0.2, -0.15) is 0 Å². The van der Waals surface area contributed by atoms with Crippen molar-refractivity contribution in [1.29, 1.82) is 0 Å². The number of amides is 1. The van der Waals surface area contributed by atoms with E-state index >= 15 is 0 Å². The van der Waals surface area contributed by atoms with Gasteiger partial charge in [0.05, 0.1) is 17.0 Å². The second-order valence-electron chi connectivity index (χ2n) is 7.64. The summed E-state index contributed by atoms with van der Waals surface area (Å²) in [5.74, 6) is 0.389. The van der Waals surface area contributed by atoms with Crippen LogP contribution in [0.1, 0.15) is 24.0 Å². The lowest BCUT2D eigenvalue weighted by Gasteiger charge is -2.19. The van der Waals surface area contributed by atoms with Gasteiger partial charge in [-0.15, -0.1) is 0 Å². The fraction of sp³-hybridized carbons (Fsp3) is 0.217. The van der Waals surface area contributed by atoms with E-state index in [4.69, 9.17) is 28.8 Å². The second kappa shape index (κ2) is 8.69. The molecule has 2 saturated heterocycles. The van der Waals surface area contributed by atoms with Crippen molar-refractivity contribution in [3.8, 4) is 0 Å². The van der Waals surface area contributed by atoms with Gasteiger partial charge in [0, 0.05) is 24.3 Å². The average Bonchev–Trinajstić information content (AvgIpc) is 3.42. The van der Waals surface area contributed by atoms with E-state index in [1.807, 2.05) is 30.3 Å². The van der Waals surface area contributed by atoms with Crippen LogP contribution in [0.3, 0.4) is 0 Å². The predicted octanol–water partition coefficient (Wildman–Crippen LogP) is 4.35. The zero-order valence-electron chi connectivity index (χ0n) is 17.0. The number of nitrogens with zero attached hydrogens (tertiary/aromatic N) is 4. The minimum absolute atomic E-state index is 0.200. The highest BCUT2D eigenvalue weighted by Crippen LogP contribution is 2.35. The third-order valence-electron chi connectivity index (χ3n) is 5.59. The molecule has 0 atom stereocenters. The number of benzene rings is 1. The number of thioether (sulfide) groups is 1. The maximum absolute atomic E-state index is 13.4. The van der Waals surface area contributed by atoms with Crippen LogP contribution in [0, 0.1) is 0 Å². The van der Waals surface area contributed by atoms with Crippen molar-refractivity contribution < 1.29 is 4.79 Å². The third-order valence-corrected chi connectivity index (χ3v) is 7.34. The lowest BCUT2D eigenvalue weighted by atomic mass is 10.2. The maximum atomic E-state index is 13.4. The first kappa shape index (κ1) is 21.2. The highest BCUT2D eigenvalue weighted by Gasteiger charge is 2.33. The Labute approximate surface area is 199 Å². The van der Waals surface area contributed by atoms with Gasteiger partial charge in [0.2, 0.25) is 0 Å². The predicted molar refractivity (Wildman–Crippen MR) is 133 cm³/mol. The number of hydrogen-bond donors (Lipinski definition) is 0. The molecule has 4 heterocycles. The fourth-order valence-corrected chi connectivity index (χ4v) is 5.38. The SMILES string of the molecule is O=C1/C(=C/c2c(N3CCCC3)nc3ccccn3c2=O)SC(=S)N1Cc1ccccc1Cl. The van der Waals surface area contributed by atoms with Crippen molar-refractivity contribution in [2.45, 2.75) is 19.4 Å². The number of rotatable bonds is 4. The van der Waals surface area contributed by atoms with Gasteiger partial charge in [-0.25, -0.2) is 4.98 Å². The van der Waals surface area contributed by atoms with Crippen LogP contribution < -0.4 is 10.5 Å². The number of pyridine rings is 1. The lowest BCUT2D eigenvalue weighted by Crippen LogP contribution is -2.28. The molecule has 9 heteroatoms. The van der Waals surface area contributed by atoms with E-state index in [-0.39, 0.29) is 18.0 Å². The van der Waals surface area contributed by atoms with Gasteiger partial charge < -0.3 is 4.90 Å². The van der Waals surface area contributed by atoms with E-state index in [0.717, 1.165) is 31.5 Å². The number of fused-ring (bicyclic) bond motifs is 1. The zero-order chi connectivity index (χ0) is 22.2. The van der Waals surface area contributed by atoms with Crippen molar-refractivity contribution in [1.82, 2.24) is 14.3 Å². The van der Waals surface area contributed by atoms with Crippen molar-refractivity contribution >= 4 is 63.3 Å². The van der Waals surface area contributed by atoms with Crippen molar-refractivity contribution in [2.24, 2.45) is 0 Å². The number of carbonyl (C=O) groups is 1. The Kier molecular flexibility index (Phi) is 5.75. The van der Waals surface area contributed by atoms with E-state index in [0.29, 0.717) is 31.3 Å². The molecule has 2 aliphatic rings. The Morgan fingerprint density at radius 1 is 1.09 bits per heavy atom. The summed E-state index contributed by atoms with van der Waals surface area (Å²) < 4.78 is 1.95. The molecule has 2 aliphatic heterocycles. The number of thiocarbonyl (C=S) groups is 1. The normalized spacial score (nSPS) is 17.8. The summed E-state index contributed by atoms with van der Waals surface area (Å²) in [5, 5.41) is 0.582. The molecule has 6 nitrogen and oxygen atoms in total. The summed E-state index contributed by atoms with van der Waals surface area (Å²) >= 11 is 12.9. The molecule has 5 rings (SSSR count). The molecule has 0 unspecified atom stereocenters. The molecule has 0 aliphatic carbocycles. The average molecular weight is 483 g/mol. The number of hydrogen-bond acceptors (Lipinski definition) is 6. The largest absolute Gasteiger partial charge is 0.356 e. The summed E-state index contributed by atoms with van der Waals surface area (Å²) in [7, 11) is 0. The Balaban J connectivity index is 1.56. The number of carbonyl (C=O) groups excluding carboxylic acids is 1. The third kappa shape index (κ3) is 3.83. The first-order valence-electron chi connectivity index (χ1n) is 10.3. The number of aromatic nitrogens is 2. The molecule has 1 aromatic carbocycles. The number of anilines is 1. The zero-order valence-corrected chi connectivity index (χ0v) is 19.4. The van der Waals surface area contributed by atoms with E-state index in [9.17, 15) is 9.59 Å². The van der Waals surface area contributed by atoms with Crippen molar-refractivity contribution in [2.75, 3.05) is 18.0 Å². The summed E-state index contributed by atoms with van der Waals surface area (Å²) in [6.07, 6.45) is 5.44. The highest BCUT2D eigenvalue weighted by atomic mass is 35.5. The second-order valence-corrected chi connectivity index (χ2v) is 9.72. The Morgan fingerprint density at radius 2 is 1.84 bits per heavy atom. The van der Waals surface area contributed by atoms with Gasteiger partial charge in [0.1, 0.15) is 15.8 Å².